The van der Waals surface area contributed by atoms with Gasteiger partial charge in [0.05, 0.1) is 13.8 Å². The van der Waals surface area contributed by atoms with Crippen molar-refractivity contribution in [3.63, 3.8) is 0 Å². The Labute approximate surface area is 236 Å². The average molecular weight is 530 g/mol. The Hall–Kier alpha value is -4.53. The Morgan fingerprint density at radius 2 is 0.950 bits per heavy atom. The van der Waals surface area contributed by atoms with Gasteiger partial charge in [0.25, 0.3) is 0 Å². The molecular formula is C38H31NSi. The number of nitrogens with zero attached hydrogens (tertiary/aromatic N) is 1. The Bertz CT molecular complexity index is 2020. The van der Waals surface area contributed by atoms with Crippen molar-refractivity contribution in [1.29, 1.82) is 0 Å². The van der Waals surface area contributed by atoms with Crippen molar-refractivity contribution in [2.45, 2.75) is 19.6 Å². The van der Waals surface area contributed by atoms with Crippen LogP contribution in [0, 0.1) is 0 Å². The monoisotopic (exact) mass is 529 g/mol. The van der Waals surface area contributed by atoms with Gasteiger partial charge in [-0.2, -0.15) is 0 Å². The molecule has 1 heterocycles. The highest BCUT2D eigenvalue weighted by molar-refractivity contribution is 6.88. The molecule has 0 amide bonds. The number of fused-ring (bicyclic) bond motifs is 6. The second-order valence-electron chi connectivity index (χ2n) is 11.7. The molecule has 0 aliphatic carbocycles. The van der Waals surface area contributed by atoms with E-state index in [-0.39, 0.29) is 0 Å². The third-order valence-electron chi connectivity index (χ3n) is 8.08. The zero-order valence-electron chi connectivity index (χ0n) is 23.1. The van der Waals surface area contributed by atoms with Gasteiger partial charge in [-0.15, -0.1) is 0 Å². The van der Waals surface area contributed by atoms with Crippen molar-refractivity contribution in [2.24, 2.45) is 0 Å². The predicted molar refractivity (Wildman–Crippen MR) is 176 cm³/mol. The van der Waals surface area contributed by atoms with E-state index in [0.717, 1.165) is 11.3 Å². The third-order valence-corrected chi connectivity index (χ3v) is 10.1. The number of benzene rings is 6. The van der Waals surface area contributed by atoms with Gasteiger partial charge in [0, 0.05) is 11.8 Å². The Morgan fingerprint density at radius 3 is 1.60 bits per heavy atom. The summed E-state index contributed by atoms with van der Waals surface area (Å²) in [5, 5.41) is 9.06. The van der Waals surface area contributed by atoms with Gasteiger partial charge in [0.15, 0.2) is 0 Å². The summed E-state index contributed by atoms with van der Waals surface area (Å²) in [7, 11) is -1.39. The van der Waals surface area contributed by atoms with Gasteiger partial charge in [0.2, 0.25) is 0 Å². The molecule has 0 spiro atoms. The van der Waals surface area contributed by atoms with Crippen LogP contribution in [0.25, 0.3) is 65.8 Å². The van der Waals surface area contributed by atoms with Crippen LogP contribution in [0.5, 0.6) is 0 Å². The molecule has 0 unspecified atom stereocenters. The molecule has 0 fully saturated rings. The zero-order valence-corrected chi connectivity index (χ0v) is 24.1. The lowest BCUT2D eigenvalue weighted by Gasteiger charge is -2.17. The minimum absolute atomic E-state index is 1.03. The number of aromatic nitrogens is 1. The first-order valence-corrected chi connectivity index (χ1v) is 17.5. The summed E-state index contributed by atoms with van der Waals surface area (Å²) >= 11 is 0. The van der Waals surface area contributed by atoms with Gasteiger partial charge in [0.1, 0.15) is 0 Å². The highest BCUT2D eigenvalue weighted by Gasteiger charge is 2.17. The first-order valence-electron chi connectivity index (χ1n) is 14.0. The van der Waals surface area contributed by atoms with Gasteiger partial charge in [-0.25, -0.2) is 0 Å². The molecule has 7 aromatic rings. The largest absolute Gasteiger partial charge is 0.256 e. The van der Waals surface area contributed by atoms with Crippen molar-refractivity contribution >= 4 is 45.6 Å². The number of rotatable bonds is 4. The van der Waals surface area contributed by atoms with E-state index in [9.17, 15) is 0 Å². The van der Waals surface area contributed by atoms with Crippen LogP contribution in [-0.2, 0) is 0 Å². The second-order valence-corrected chi connectivity index (χ2v) is 16.7. The molecule has 7 rings (SSSR count). The third kappa shape index (κ3) is 4.22. The van der Waals surface area contributed by atoms with Crippen molar-refractivity contribution in [1.82, 2.24) is 4.98 Å². The Kier molecular flexibility index (Phi) is 5.87. The maximum Gasteiger partial charge on any atom is 0.0796 e. The summed E-state index contributed by atoms with van der Waals surface area (Å²) in [6.45, 7) is 7.09. The van der Waals surface area contributed by atoms with Crippen LogP contribution >= 0.6 is 0 Å². The summed E-state index contributed by atoms with van der Waals surface area (Å²) < 4.78 is 0. The van der Waals surface area contributed by atoms with Crippen LogP contribution in [0.15, 0.2) is 134 Å². The van der Waals surface area contributed by atoms with E-state index in [2.05, 4.69) is 153 Å². The fourth-order valence-electron chi connectivity index (χ4n) is 5.90. The molecule has 1 nitrogen and oxygen atoms in total. The van der Waals surface area contributed by atoms with Crippen LogP contribution < -0.4 is 5.19 Å². The molecule has 0 aliphatic rings. The van der Waals surface area contributed by atoms with Crippen molar-refractivity contribution < 1.29 is 0 Å². The van der Waals surface area contributed by atoms with Gasteiger partial charge < -0.3 is 0 Å². The highest BCUT2D eigenvalue weighted by Crippen LogP contribution is 2.40. The van der Waals surface area contributed by atoms with Crippen molar-refractivity contribution in [2.75, 3.05) is 0 Å². The van der Waals surface area contributed by atoms with E-state index in [0.29, 0.717) is 0 Å². The molecule has 0 N–H and O–H groups in total. The lowest BCUT2D eigenvalue weighted by molar-refractivity contribution is 1.34. The lowest BCUT2D eigenvalue weighted by Crippen LogP contribution is -2.37. The van der Waals surface area contributed by atoms with E-state index in [1.165, 1.54) is 59.8 Å². The fraction of sp³-hybridized carbons (Fsp3) is 0.0789. The normalized spacial score (nSPS) is 11.9. The quantitative estimate of drug-likeness (QED) is 0.163. The van der Waals surface area contributed by atoms with Crippen LogP contribution in [0.3, 0.4) is 0 Å². The van der Waals surface area contributed by atoms with Gasteiger partial charge in [-0.3, -0.25) is 4.98 Å². The first kappa shape index (κ1) is 24.5. The summed E-state index contributed by atoms with van der Waals surface area (Å²) in [5.74, 6) is 0. The second kappa shape index (κ2) is 9.58. The van der Waals surface area contributed by atoms with E-state index in [4.69, 9.17) is 4.98 Å². The van der Waals surface area contributed by atoms with E-state index < -0.39 is 8.07 Å². The van der Waals surface area contributed by atoms with E-state index >= 15 is 0 Å². The molecule has 0 saturated carbocycles. The maximum absolute atomic E-state index is 4.89. The molecule has 192 valence electrons. The molecule has 0 radical (unpaired) electrons. The van der Waals surface area contributed by atoms with Gasteiger partial charge in [-0.1, -0.05) is 129 Å². The Morgan fingerprint density at radius 1 is 0.425 bits per heavy atom. The molecular weight excluding hydrogens is 499 g/mol. The highest BCUT2D eigenvalue weighted by atomic mass is 28.3. The van der Waals surface area contributed by atoms with Gasteiger partial charge >= 0.3 is 0 Å². The summed E-state index contributed by atoms with van der Waals surface area (Å²) in [5.41, 5.74) is 7.15. The topological polar surface area (TPSA) is 12.9 Å². The Balaban J connectivity index is 1.45. The summed E-state index contributed by atoms with van der Waals surface area (Å²) in [6.07, 6.45) is 2.08. The molecule has 0 atom stereocenters. The number of pyridine rings is 1. The predicted octanol–water partition coefficient (Wildman–Crippen LogP) is 10.1. The maximum atomic E-state index is 4.89. The standard InChI is InChI=1S/C38H31NSi/c1-40(2,3)29-19-22-38(39-25-29)28-18-21-34-32-15-9-10-16-33(32)36-23-27(17-20-35(36)37(34)24-28)31-14-8-7-13-30(31)26-11-5-4-6-12-26/h4-25H,1-3H3. The van der Waals surface area contributed by atoms with E-state index in [1.807, 2.05) is 0 Å². The van der Waals surface area contributed by atoms with Crippen molar-refractivity contribution in [3.05, 3.63) is 134 Å². The molecule has 0 aliphatic heterocycles. The van der Waals surface area contributed by atoms with Crippen LogP contribution in [0.2, 0.25) is 19.6 Å². The lowest BCUT2D eigenvalue weighted by atomic mass is 9.89. The van der Waals surface area contributed by atoms with Crippen LogP contribution in [-0.4, -0.2) is 13.1 Å². The minimum atomic E-state index is -1.39. The molecule has 0 bridgehead atoms. The van der Waals surface area contributed by atoms with Crippen LogP contribution in [0.4, 0.5) is 0 Å². The molecule has 2 heteroatoms. The number of hydrogen-bond donors (Lipinski definition) is 0. The number of hydrogen-bond acceptors (Lipinski definition) is 1. The smallest absolute Gasteiger partial charge is 0.0796 e. The van der Waals surface area contributed by atoms with Crippen molar-refractivity contribution in [3.8, 4) is 33.5 Å². The minimum Gasteiger partial charge on any atom is -0.256 e. The molecule has 0 saturated heterocycles. The molecule has 40 heavy (non-hydrogen) atoms. The van der Waals surface area contributed by atoms with E-state index in [1.54, 1.807) is 0 Å². The zero-order chi connectivity index (χ0) is 27.3. The summed E-state index contributed by atoms with van der Waals surface area (Å²) in [4.78, 5) is 4.89. The molecule has 6 aromatic carbocycles. The molecule has 1 aromatic heterocycles. The van der Waals surface area contributed by atoms with Crippen LogP contribution in [0.1, 0.15) is 0 Å². The van der Waals surface area contributed by atoms with Gasteiger partial charge in [-0.05, 0) is 78.0 Å². The average Bonchev–Trinajstić information content (AvgIpc) is 3.01. The summed E-state index contributed by atoms with van der Waals surface area (Å²) in [6, 6.07) is 46.5. The SMILES string of the molecule is C[Si](C)(C)c1ccc(-c2ccc3c4ccccc4c4cc(-c5ccccc5-c5ccccc5)ccc4c3c2)nc1. The first-order chi connectivity index (χ1) is 19.5. The fourth-order valence-corrected chi connectivity index (χ4v) is 6.93.